The van der Waals surface area contributed by atoms with E-state index in [0.29, 0.717) is 15.9 Å². The van der Waals surface area contributed by atoms with Gasteiger partial charge in [0, 0.05) is 0 Å². The van der Waals surface area contributed by atoms with Crippen LogP contribution >= 0.6 is 7.06 Å². The fourth-order valence-electron chi connectivity index (χ4n) is 6.88. The van der Waals surface area contributed by atoms with Crippen molar-refractivity contribution >= 4 is 23.0 Å². The molecule has 4 aromatic rings. The summed E-state index contributed by atoms with van der Waals surface area (Å²) >= 11 is 0. The van der Waals surface area contributed by atoms with Crippen LogP contribution in [0.15, 0.2) is 78.9 Å². The first-order chi connectivity index (χ1) is 20.4. The molecule has 0 saturated carbocycles. The minimum absolute atomic E-state index is 0.0944. The van der Waals surface area contributed by atoms with Gasteiger partial charge in [-0.25, -0.2) is 0 Å². The van der Waals surface area contributed by atoms with E-state index in [9.17, 15) is 9.79 Å². The molecule has 2 N–H and O–H groups in total. The molecule has 3 heteroatoms. The van der Waals surface area contributed by atoms with E-state index in [0.717, 1.165) is 33.4 Å². The van der Waals surface area contributed by atoms with Crippen LogP contribution in [0, 0.1) is 13.8 Å². The van der Waals surface area contributed by atoms with Crippen molar-refractivity contribution in [3.05, 3.63) is 112 Å². The van der Waals surface area contributed by atoms with Crippen LogP contribution in [0.2, 0.25) is 0 Å². The van der Waals surface area contributed by atoms with Crippen molar-refractivity contribution in [1.82, 2.24) is 0 Å². The first kappa shape index (κ1) is 35.1. The zero-order chi connectivity index (χ0) is 34.0. The van der Waals surface area contributed by atoms with Gasteiger partial charge in [-0.2, -0.15) is 0 Å². The van der Waals surface area contributed by atoms with Gasteiger partial charge in [-0.05, 0) is 0 Å². The number of benzene rings is 4. The van der Waals surface area contributed by atoms with E-state index >= 15 is 0 Å². The number of rotatable bonds is 4. The molecule has 4 rings (SSSR count). The van der Waals surface area contributed by atoms with E-state index < -0.39 is 7.06 Å². The molecule has 0 aliphatic carbocycles. The molecule has 45 heavy (non-hydrogen) atoms. The molecule has 0 radical (unpaired) electrons. The zero-order valence-electron chi connectivity index (χ0n) is 30.3. The molecule has 0 bridgehead atoms. The Bertz CT molecular complexity index is 1610. The zero-order valence-corrected chi connectivity index (χ0v) is 31.2. The second-order valence-electron chi connectivity index (χ2n) is 17.3. The summed E-state index contributed by atoms with van der Waals surface area (Å²) in [5, 5.41) is 1.84. The first-order valence-corrected chi connectivity index (χ1v) is 18.5. The Hall–Kier alpha value is -2.77. The summed E-state index contributed by atoms with van der Waals surface area (Å²) in [7, 11) is -5.07. The van der Waals surface area contributed by atoms with Crippen molar-refractivity contribution < 1.29 is 9.79 Å². The fraction of sp³-hybridized carbons (Fsp3) is 0.429. The van der Waals surface area contributed by atoms with Crippen molar-refractivity contribution in [3.8, 4) is 11.1 Å². The molecule has 0 heterocycles. The summed E-state index contributed by atoms with van der Waals surface area (Å²) in [6.07, 6.45) is 0. The normalized spacial score (nSPS) is 14.3. The average molecular weight is 625 g/mol. The maximum atomic E-state index is 13.9. The van der Waals surface area contributed by atoms with E-state index in [4.69, 9.17) is 0 Å². The molecule has 0 unspecified atom stereocenters. The Labute approximate surface area is 274 Å². The summed E-state index contributed by atoms with van der Waals surface area (Å²) < 4.78 is 0. The second-order valence-corrected chi connectivity index (χ2v) is 20.8. The van der Waals surface area contributed by atoms with Crippen LogP contribution in [-0.4, -0.2) is 9.79 Å². The first-order valence-electron chi connectivity index (χ1n) is 16.4. The summed E-state index contributed by atoms with van der Waals surface area (Å²) in [6.45, 7) is 30.7. The quantitative estimate of drug-likeness (QED) is 0.222. The molecular formula is C42H57O2P. The molecule has 4 aromatic carbocycles. The molecule has 0 spiro atoms. The van der Waals surface area contributed by atoms with Gasteiger partial charge in [0.15, 0.2) is 0 Å². The Morgan fingerprint density at radius 3 is 1.09 bits per heavy atom. The van der Waals surface area contributed by atoms with E-state index in [1.54, 1.807) is 0 Å². The molecule has 0 amide bonds. The standard InChI is InChI=1S/C42H57O2P/c1-28-24-37(35(41(9,10)11)26-33(28)39(3,4)5)45(43,44,32-22-20-31(21-23-32)30-18-16-15-17-19-30)38-25-29(2)34(40(6,7)8)27-36(38)42(12,13)14/h15-27,43-44H,1-14H3. The maximum absolute atomic E-state index is 13.9. The van der Waals surface area contributed by atoms with Crippen molar-refractivity contribution in [2.45, 2.75) is 119 Å². The van der Waals surface area contributed by atoms with Crippen LogP contribution in [0.4, 0.5) is 0 Å². The van der Waals surface area contributed by atoms with Gasteiger partial charge in [-0.15, -0.1) is 0 Å². The Kier molecular flexibility index (Phi) is 8.72. The monoisotopic (exact) mass is 624 g/mol. The van der Waals surface area contributed by atoms with E-state index in [1.807, 2.05) is 42.5 Å². The number of hydrogen-bond donors (Lipinski definition) is 2. The molecule has 2 nitrogen and oxygen atoms in total. The van der Waals surface area contributed by atoms with Crippen LogP contribution in [0.1, 0.15) is 116 Å². The number of aryl methyl sites for hydroxylation is 2. The molecule has 0 fully saturated rings. The van der Waals surface area contributed by atoms with Gasteiger partial charge in [-0.1, -0.05) is 0 Å². The molecule has 0 aromatic heterocycles. The van der Waals surface area contributed by atoms with Crippen LogP contribution in [0.3, 0.4) is 0 Å². The summed E-state index contributed by atoms with van der Waals surface area (Å²) in [5.41, 5.74) is 7.82. The SMILES string of the molecule is Cc1cc(P(O)(O)(c2ccc(-c3ccccc3)cc2)c2cc(C)c(C(C)(C)C)cc2C(C)(C)C)c(C(C)(C)C)cc1C(C)(C)C. The molecule has 0 aliphatic heterocycles. The Morgan fingerprint density at radius 2 is 0.756 bits per heavy atom. The van der Waals surface area contributed by atoms with Crippen molar-refractivity contribution in [3.63, 3.8) is 0 Å². The third-order valence-electron chi connectivity index (χ3n) is 9.29. The van der Waals surface area contributed by atoms with E-state index in [2.05, 4.69) is 133 Å². The van der Waals surface area contributed by atoms with Gasteiger partial charge in [0.2, 0.25) is 0 Å². The van der Waals surface area contributed by atoms with Crippen molar-refractivity contribution in [2.24, 2.45) is 0 Å². The van der Waals surface area contributed by atoms with Gasteiger partial charge in [0.05, 0.1) is 0 Å². The van der Waals surface area contributed by atoms with Crippen LogP contribution in [0.5, 0.6) is 0 Å². The third kappa shape index (κ3) is 6.44. The predicted octanol–water partition coefficient (Wildman–Crippen LogP) is 9.80. The fourth-order valence-corrected chi connectivity index (χ4v) is 11.0. The van der Waals surface area contributed by atoms with Crippen LogP contribution < -0.4 is 15.9 Å². The summed E-state index contributed by atoms with van der Waals surface area (Å²) in [4.78, 5) is 27.7. The predicted molar refractivity (Wildman–Crippen MR) is 199 cm³/mol. The van der Waals surface area contributed by atoms with Crippen LogP contribution in [0.25, 0.3) is 11.1 Å². The molecule has 0 atom stereocenters. The van der Waals surface area contributed by atoms with Crippen molar-refractivity contribution in [2.75, 3.05) is 0 Å². The van der Waals surface area contributed by atoms with E-state index in [1.165, 1.54) is 11.1 Å². The number of hydrogen-bond acceptors (Lipinski definition) is 2. The molecule has 0 aliphatic rings. The molecular weight excluding hydrogens is 567 g/mol. The van der Waals surface area contributed by atoms with Crippen molar-refractivity contribution in [1.29, 1.82) is 0 Å². The van der Waals surface area contributed by atoms with Gasteiger partial charge in [0.25, 0.3) is 0 Å². The second kappa shape index (κ2) is 11.2. The van der Waals surface area contributed by atoms with E-state index in [-0.39, 0.29) is 21.7 Å². The van der Waals surface area contributed by atoms with Gasteiger partial charge >= 0.3 is 275 Å². The minimum atomic E-state index is -5.07. The summed E-state index contributed by atoms with van der Waals surface area (Å²) in [5.74, 6) is 0. The Balaban J connectivity index is 2.25. The molecule has 0 saturated heterocycles. The average Bonchev–Trinajstić information content (AvgIpc) is 2.90. The van der Waals surface area contributed by atoms with Gasteiger partial charge in [-0.3, -0.25) is 0 Å². The summed E-state index contributed by atoms with van der Waals surface area (Å²) in [6, 6.07) is 27.0. The van der Waals surface area contributed by atoms with Crippen LogP contribution in [-0.2, 0) is 21.7 Å². The third-order valence-corrected chi connectivity index (χ3v) is 13.1. The van der Waals surface area contributed by atoms with Gasteiger partial charge < -0.3 is 0 Å². The molecule has 242 valence electrons. The Morgan fingerprint density at radius 1 is 0.422 bits per heavy atom. The van der Waals surface area contributed by atoms with Gasteiger partial charge in [0.1, 0.15) is 0 Å². The topological polar surface area (TPSA) is 40.5 Å².